The molecule has 0 fully saturated rings. The summed E-state index contributed by atoms with van der Waals surface area (Å²) in [6.07, 6.45) is -4.52. The summed E-state index contributed by atoms with van der Waals surface area (Å²) < 4.78 is 39.1. The molecule has 3 nitrogen and oxygen atoms in total. The molecule has 3 rings (SSSR count). The lowest BCUT2D eigenvalue weighted by molar-refractivity contribution is -0.137. The van der Waals surface area contributed by atoms with Gasteiger partial charge in [-0.05, 0) is 36.4 Å². The van der Waals surface area contributed by atoms with Crippen LogP contribution in [0.4, 0.5) is 24.5 Å². The highest BCUT2D eigenvalue weighted by Crippen LogP contribution is 2.50. The van der Waals surface area contributed by atoms with Gasteiger partial charge in [-0.3, -0.25) is 9.69 Å². The van der Waals surface area contributed by atoms with Crippen molar-refractivity contribution in [2.45, 2.75) is 22.4 Å². The quantitative estimate of drug-likeness (QED) is 0.738. The number of aromatic hydroxyl groups is 1. The number of phenolic OH excluding ortho intramolecular Hbond substituents is 1. The maximum absolute atomic E-state index is 13.0. The molecule has 1 N–H and O–H groups in total. The van der Waals surface area contributed by atoms with Gasteiger partial charge in [0.1, 0.15) is 5.75 Å². The van der Waals surface area contributed by atoms with Crippen LogP contribution in [-0.2, 0) is 11.0 Å². The van der Waals surface area contributed by atoms with Crippen LogP contribution in [0.3, 0.4) is 0 Å². The molecule has 1 aliphatic rings. The summed E-state index contributed by atoms with van der Waals surface area (Å²) in [5.41, 5.74) is -0.226. The van der Waals surface area contributed by atoms with Gasteiger partial charge in [0.25, 0.3) is 0 Å². The third kappa shape index (κ3) is 3.06. The number of anilines is 2. The molecule has 1 heterocycles. The molecule has 1 amide bonds. The molecule has 0 radical (unpaired) electrons. The van der Waals surface area contributed by atoms with Crippen LogP contribution in [0.5, 0.6) is 5.75 Å². The lowest BCUT2D eigenvalue weighted by atomic mass is 10.1. The van der Waals surface area contributed by atoms with E-state index in [1.54, 1.807) is 0 Å². The minimum absolute atomic E-state index is 0.0117. The van der Waals surface area contributed by atoms with Crippen molar-refractivity contribution in [2.24, 2.45) is 0 Å². The first-order chi connectivity index (χ1) is 11.3. The van der Waals surface area contributed by atoms with Crippen LogP contribution < -0.4 is 4.90 Å². The van der Waals surface area contributed by atoms with Crippen molar-refractivity contribution in [2.75, 3.05) is 10.8 Å². The van der Waals surface area contributed by atoms with Gasteiger partial charge in [-0.2, -0.15) is 13.2 Å². The average Bonchev–Trinajstić information content (AvgIpc) is 2.51. The van der Waals surface area contributed by atoms with Crippen LogP contribution in [0.2, 0.25) is 0 Å². The number of nitrogens with zero attached hydrogens (tertiary/aromatic N) is 1. The van der Waals surface area contributed by atoms with E-state index in [9.17, 15) is 23.1 Å². The normalized spacial score (nSPS) is 13.4. The molecule has 8 heteroatoms. The average molecular weight is 374 g/mol. The van der Waals surface area contributed by atoms with Crippen molar-refractivity contribution >= 4 is 40.6 Å². The van der Waals surface area contributed by atoms with Crippen LogP contribution in [0.1, 0.15) is 12.0 Å². The van der Waals surface area contributed by atoms with E-state index >= 15 is 0 Å². The monoisotopic (exact) mass is 373 g/mol. The van der Waals surface area contributed by atoms with E-state index < -0.39 is 17.6 Å². The van der Waals surface area contributed by atoms with Crippen molar-refractivity contribution in [3.63, 3.8) is 0 Å². The minimum atomic E-state index is -4.50. The third-order valence-corrected chi connectivity index (χ3v) is 4.79. The van der Waals surface area contributed by atoms with Gasteiger partial charge < -0.3 is 5.11 Å². The van der Waals surface area contributed by atoms with Crippen molar-refractivity contribution in [3.05, 3.63) is 42.0 Å². The van der Waals surface area contributed by atoms with Gasteiger partial charge >= 0.3 is 6.18 Å². The molecule has 0 saturated carbocycles. The molecule has 0 unspecified atom stereocenters. The molecule has 2 aromatic rings. The predicted molar refractivity (Wildman–Crippen MR) is 86.2 cm³/mol. The van der Waals surface area contributed by atoms with Gasteiger partial charge in [0.15, 0.2) is 0 Å². The summed E-state index contributed by atoms with van der Waals surface area (Å²) in [6, 6.07) is 7.64. The van der Waals surface area contributed by atoms with Crippen LogP contribution in [0.15, 0.2) is 46.2 Å². The van der Waals surface area contributed by atoms with Crippen molar-refractivity contribution in [1.82, 2.24) is 0 Å². The first-order valence-corrected chi connectivity index (χ1v) is 8.27. The maximum Gasteiger partial charge on any atom is 0.416 e. The van der Waals surface area contributed by atoms with Crippen LogP contribution in [0.25, 0.3) is 0 Å². The number of phenols is 1. The number of carbonyl (C=O) groups is 1. The Morgan fingerprint density at radius 2 is 1.88 bits per heavy atom. The minimum Gasteiger partial charge on any atom is -0.508 e. The highest BCUT2D eigenvalue weighted by atomic mass is 35.5. The predicted octanol–water partition coefficient (Wildman–Crippen LogP) is 5.17. The van der Waals surface area contributed by atoms with E-state index in [2.05, 4.69) is 0 Å². The number of halogens is 4. The van der Waals surface area contributed by atoms with Crippen molar-refractivity contribution < 1.29 is 23.1 Å². The molecule has 24 heavy (non-hydrogen) atoms. The second-order valence-electron chi connectivity index (χ2n) is 5.10. The van der Waals surface area contributed by atoms with Gasteiger partial charge in [-0.25, -0.2) is 0 Å². The Hall–Kier alpha value is -1.86. The number of rotatable bonds is 2. The Balaban J connectivity index is 2.17. The van der Waals surface area contributed by atoms with Crippen LogP contribution in [0, 0.1) is 0 Å². The highest BCUT2D eigenvalue weighted by Gasteiger charge is 2.34. The van der Waals surface area contributed by atoms with Gasteiger partial charge in [0, 0.05) is 22.1 Å². The SMILES string of the molecule is O=C(CCCl)N1c2ccc(O)cc2Sc2ccc(C(F)(F)F)cc21. The third-order valence-electron chi connectivity index (χ3n) is 3.49. The van der Waals surface area contributed by atoms with Gasteiger partial charge in [-0.15, -0.1) is 11.6 Å². The van der Waals surface area contributed by atoms with Crippen LogP contribution >= 0.6 is 23.4 Å². The van der Waals surface area contributed by atoms with E-state index in [4.69, 9.17) is 11.6 Å². The largest absolute Gasteiger partial charge is 0.508 e. The zero-order valence-electron chi connectivity index (χ0n) is 12.1. The molecule has 0 aromatic heterocycles. The van der Waals surface area contributed by atoms with Gasteiger partial charge in [0.05, 0.1) is 16.9 Å². The maximum atomic E-state index is 13.0. The lowest BCUT2D eigenvalue weighted by Crippen LogP contribution is -2.29. The second-order valence-corrected chi connectivity index (χ2v) is 6.56. The standard InChI is InChI=1S/C16H11ClF3NO2S/c17-6-5-15(23)21-11-3-2-10(22)8-14(11)24-13-4-1-9(7-12(13)21)16(18,19)20/h1-4,7-8,22H,5-6H2. The number of hydrogen-bond acceptors (Lipinski definition) is 3. The first-order valence-electron chi connectivity index (χ1n) is 6.92. The Kier molecular flexibility index (Phi) is 4.40. The summed E-state index contributed by atoms with van der Waals surface area (Å²) in [4.78, 5) is 14.8. The molecular weight excluding hydrogens is 363 g/mol. The van der Waals surface area contributed by atoms with E-state index in [-0.39, 0.29) is 23.7 Å². The van der Waals surface area contributed by atoms with E-state index in [1.807, 2.05) is 0 Å². The summed E-state index contributed by atoms with van der Waals surface area (Å²) in [5.74, 6) is -0.330. The molecule has 2 aromatic carbocycles. The molecule has 1 aliphatic heterocycles. The number of carbonyl (C=O) groups excluding carboxylic acids is 1. The summed E-state index contributed by atoms with van der Waals surface area (Å²) in [7, 11) is 0. The molecule has 0 spiro atoms. The Morgan fingerprint density at radius 3 is 2.54 bits per heavy atom. The Morgan fingerprint density at radius 1 is 1.12 bits per heavy atom. The van der Waals surface area contributed by atoms with Crippen LogP contribution in [-0.4, -0.2) is 16.9 Å². The van der Waals surface area contributed by atoms with Crippen molar-refractivity contribution in [1.29, 1.82) is 0 Å². The van der Waals surface area contributed by atoms with Crippen molar-refractivity contribution in [3.8, 4) is 5.75 Å². The van der Waals surface area contributed by atoms with Gasteiger partial charge in [-0.1, -0.05) is 11.8 Å². The topological polar surface area (TPSA) is 40.5 Å². The Labute approximate surface area is 145 Å². The van der Waals surface area contributed by atoms with E-state index in [1.165, 1.54) is 40.9 Å². The fourth-order valence-corrected chi connectivity index (χ4v) is 3.67. The zero-order valence-corrected chi connectivity index (χ0v) is 13.7. The number of alkyl halides is 4. The smallest absolute Gasteiger partial charge is 0.416 e. The fourth-order valence-electron chi connectivity index (χ4n) is 2.43. The summed E-state index contributed by atoms with van der Waals surface area (Å²) >= 11 is 6.83. The first kappa shape index (κ1) is 17.0. The molecular formula is C16H11ClF3NO2S. The second kappa shape index (κ2) is 6.22. The molecule has 0 bridgehead atoms. The lowest BCUT2D eigenvalue weighted by Gasteiger charge is -2.31. The van der Waals surface area contributed by atoms with E-state index in [0.29, 0.717) is 15.5 Å². The molecule has 0 atom stereocenters. The number of benzene rings is 2. The summed E-state index contributed by atoms with van der Waals surface area (Å²) in [6.45, 7) is 0. The Bertz CT molecular complexity index is 810. The highest BCUT2D eigenvalue weighted by molar-refractivity contribution is 7.99. The molecule has 126 valence electrons. The summed E-state index contributed by atoms with van der Waals surface area (Å²) in [5, 5.41) is 9.63. The van der Waals surface area contributed by atoms with Gasteiger partial charge in [0.2, 0.25) is 5.91 Å². The number of hydrogen-bond donors (Lipinski definition) is 1. The fraction of sp³-hybridized carbons (Fsp3) is 0.188. The van der Waals surface area contributed by atoms with E-state index in [0.717, 1.165) is 12.1 Å². The molecule has 0 aliphatic carbocycles. The zero-order chi connectivity index (χ0) is 17.5. The number of amides is 1. The molecule has 0 saturated heterocycles. The number of fused-ring (bicyclic) bond motifs is 2.